The van der Waals surface area contributed by atoms with Crippen LogP contribution in [0.15, 0.2) is 42.9 Å². The molecule has 2 heterocycles. The summed E-state index contributed by atoms with van der Waals surface area (Å²) in [4.78, 5) is 8.76. The van der Waals surface area contributed by atoms with E-state index >= 15 is 0 Å². The zero-order valence-corrected chi connectivity index (χ0v) is 15.8. The second-order valence-electron chi connectivity index (χ2n) is 7.22. The molecule has 0 bridgehead atoms. The highest BCUT2D eigenvalue weighted by Crippen LogP contribution is 2.23. The number of halogens is 1. The van der Waals surface area contributed by atoms with Crippen LogP contribution in [-0.2, 0) is 0 Å². The van der Waals surface area contributed by atoms with Crippen LogP contribution < -0.4 is 16.4 Å². The lowest BCUT2D eigenvalue weighted by Gasteiger charge is -2.29. The Bertz CT molecular complexity index is 955. The van der Waals surface area contributed by atoms with E-state index in [1.165, 1.54) is 17.2 Å². The lowest BCUT2D eigenvalue weighted by atomic mass is 9.91. The van der Waals surface area contributed by atoms with Gasteiger partial charge in [0, 0.05) is 30.2 Å². The van der Waals surface area contributed by atoms with Gasteiger partial charge in [-0.2, -0.15) is 10.1 Å². The Morgan fingerprint density at radius 2 is 2.07 bits per heavy atom. The van der Waals surface area contributed by atoms with Crippen LogP contribution in [0.5, 0.6) is 0 Å². The zero-order chi connectivity index (χ0) is 19.5. The van der Waals surface area contributed by atoms with Crippen molar-refractivity contribution < 1.29 is 4.39 Å². The molecule has 4 rings (SSSR count). The minimum atomic E-state index is -0.367. The molecule has 0 amide bonds. The van der Waals surface area contributed by atoms with Crippen molar-refractivity contribution in [2.45, 2.75) is 44.7 Å². The number of hydrogen-bond acceptors (Lipinski definition) is 6. The van der Waals surface area contributed by atoms with E-state index in [-0.39, 0.29) is 17.9 Å². The van der Waals surface area contributed by atoms with Crippen molar-refractivity contribution in [1.29, 1.82) is 0 Å². The lowest BCUT2D eigenvalue weighted by molar-refractivity contribution is 0.402. The van der Waals surface area contributed by atoms with Gasteiger partial charge in [-0.1, -0.05) is 12.8 Å². The molecule has 8 heteroatoms. The van der Waals surface area contributed by atoms with E-state index in [9.17, 15) is 4.39 Å². The first-order valence-electron chi connectivity index (χ1n) is 9.52. The van der Waals surface area contributed by atoms with Gasteiger partial charge in [-0.25, -0.2) is 14.1 Å². The summed E-state index contributed by atoms with van der Waals surface area (Å²) in [6.45, 7) is 1.91. The van der Waals surface area contributed by atoms with Crippen LogP contribution in [-0.4, -0.2) is 31.8 Å². The highest BCUT2D eigenvalue weighted by Gasteiger charge is 2.22. The van der Waals surface area contributed by atoms with Gasteiger partial charge < -0.3 is 16.4 Å². The highest BCUT2D eigenvalue weighted by molar-refractivity contribution is 5.59. The molecule has 0 unspecified atom stereocenters. The third-order valence-electron chi connectivity index (χ3n) is 4.97. The van der Waals surface area contributed by atoms with E-state index in [0.717, 1.165) is 24.8 Å². The van der Waals surface area contributed by atoms with E-state index in [4.69, 9.17) is 5.73 Å². The first-order chi connectivity index (χ1) is 13.6. The van der Waals surface area contributed by atoms with Gasteiger partial charge in [0.1, 0.15) is 11.5 Å². The smallest absolute Gasteiger partial charge is 0.224 e. The molecule has 1 saturated carbocycles. The molecule has 146 valence electrons. The van der Waals surface area contributed by atoms with Crippen molar-refractivity contribution in [1.82, 2.24) is 19.7 Å². The Hall–Kier alpha value is -3.00. The normalized spacial score (nSPS) is 19.4. The minimum absolute atomic E-state index is 0.113. The molecule has 0 spiro atoms. The number of rotatable bonds is 5. The Labute approximate surface area is 163 Å². The maximum atomic E-state index is 14.5. The van der Waals surface area contributed by atoms with Gasteiger partial charge in [0.25, 0.3) is 0 Å². The summed E-state index contributed by atoms with van der Waals surface area (Å²) < 4.78 is 16.0. The predicted molar refractivity (Wildman–Crippen MR) is 107 cm³/mol. The van der Waals surface area contributed by atoms with Crippen LogP contribution in [0.1, 0.15) is 31.2 Å². The lowest BCUT2D eigenvalue weighted by Crippen LogP contribution is -2.42. The molecule has 2 aromatic heterocycles. The summed E-state index contributed by atoms with van der Waals surface area (Å²) in [6, 6.07) is 6.94. The average molecular weight is 381 g/mol. The second kappa shape index (κ2) is 7.93. The molecule has 0 saturated heterocycles. The maximum absolute atomic E-state index is 14.5. The number of aryl methyl sites for hydroxylation is 1. The molecule has 1 aliphatic rings. The largest absolute Gasteiger partial charge is 0.350 e. The van der Waals surface area contributed by atoms with Gasteiger partial charge in [-0.05, 0) is 49.6 Å². The van der Waals surface area contributed by atoms with Gasteiger partial charge >= 0.3 is 0 Å². The van der Waals surface area contributed by atoms with Crippen molar-refractivity contribution in [3.05, 3.63) is 54.2 Å². The number of benzene rings is 1. The van der Waals surface area contributed by atoms with E-state index in [1.807, 2.05) is 6.92 Å². The molecule has 0 radical (unpaired) electrons. The average Bonchev–Trinajstić information content (AvgIpc) is 3.10. The number of anilines is 3. The minimum Gasteiger partial charge on any atom is -0.350 e. The number of aromatic nitrogens is 4. The molecule has 1 aromatic carbocycles. The number of hydrogen-bond donors (Lipinski definition) is 3. The number of nitrogens with two attached hydrogens (primary N) is 1. The summed E-state index contributed by atoms with van der Waals surface area (Å²) in [6.07, 6.45) is 9.50. The molecule has 4 N–H and O–H groups in total. The fourth-order valence-corrected chi connectivity index (χ4v) is 3.47. The molecular formula is C20H24FN7. The third-order valence-corrected chi connectivity index (χ3v) is 4.97. The van der Waals surface area contributed by atoms with Crippen LogP contribution in [0.3, 0.4) is 0 Å². The maximum Gasteiger partial charge on any atom is 0.224 e. The molecule has 3 aromatic rings. The molecule has 28 heavy (non-hydrogen) atoms. The van der Waals surface area contributed by atoms with Crippen LogP contribution >= 0.6 is 0 Å². The predicted octanol–water partition coefficient (Wildman–Crippen LogP) is 3.54. The summed E-state index contributed by atoms with van der Waals surface area (Å²) in [5.74, 6) is 0.745. The van der Waals surface area contributed by atoms with E-state index < -0.39 is 0 Å². The molecular weight excluding hydrogens is 357 g/mol. The Balaban J connectivity index is 1.47. The van der Waals surface area contributed by atoms with Gasteiger partial charge in [-0.15, -0.1) is 0 Å². The van der Waals surface area contributed by atoms with E-state index in [0.29, 0.717) is 23.1 Å². The topological polar surface area (TPSA) is 93.7 Å². The van der Waals surface area contributed by atoms with Crippen molar-refractivity contribution >= 4 is 17.5 Å². The molecule has 1 aliphatic carbocycles. The standard InChI is InChI=1S/C20H24FN7/c1-13-11-24-28(12-13)18-7-6-14(10-15(18)21)25-19-8-9-23-20(27-19)26-17-5-3-2-4-16(17)22/h6-12,16-17H,2-5,22H2,1H3,(H2,23,25,26,27)/t16-,17+/m0/s1. The van der Waals surface area contributed by atoms with Crippen LogP contribution in [0.4, 0.5) is 21.8 Å². The third kappa shape index (κ3) is 4.12. The monoisotopic (exact) mass is 381 g/mol. The summed E-state index contributed by atoms with van der Waals surface area (Å²) in [5.41, 5.74) is 8.16. The first kappa shape index (κ1) is 18.4. The summed E-state index contributed by atoms with van der Waals surface area (Å²) >= 11 is 0. The SMILES string of the molecule is Cc1cnn(-c2ccc(Nc3ccnc(N[C@@H]4CCCC[C@@H]4N)n3)cc2F)c1. The highest BCUT2D eigenvalue weighted by atomic mass is 19.1. The van der Waals surface area contributed by atoms with Crippen molar-refractivity contribution in [3.63, 3.8) is 0 Å². The van der Waals surface area contributed by atoms with Crippen LogP contribution in [0.2, 0.25) is 0 Å². The van der Waals surface area contributed by atoms with Crippen molar-refractivity contribution in [2.75, 3.05) is 10.6 Å². The van der Waals surface area contributed by atoms with E-state index in [2.05, 4.69) is 25.7 Å². The van der Waals surface area contributed by atoms with Gasteiger partial charge in [-0.3, -0.25) is 0 Å². The van der Waals surface area contributed by atoms with Gasteiger partial charge in [0.05, 0.1) is 6.20 Å². The fraction of sp³-hybridized carbons (Fsp3) is 0.350. The first-order valence-corrected chi connectivity index (χ1v) is 9.52. The quantitative estimate of drug-likeness (QED) is 0.626. The Kier molecular flexibility index (Phi) is 5.21. The molecule has 0 aliphatic heterocycles. The molecule has 1 fully saturated rings. The number of nitrogens with one attached hydrogen (secondary N) is 2. The second-order valence-corrected chi connectivity index (χ2v) is 7.22. The van der Waals surface area contributed by atoms with Crippen molar-refractivity contribution in [3.8, 4) is 5.69 Å². The zero-order valence-electron chi connectivity index (χ0n) is 15.8. The Morgan fingerprint density at radius 3 is 2.82 bits per heavy atom. The van der Waals surface area contributed by atoms with E-state index in [1.54, 1.807) is 36.8 Å². The molecule has 2 atom stereocenters. The van der Waals surface area contributed by atoms with Crippen LogP contribution in [0, 0.1) is 12.7 Å². The summed E-state index contributed by atoms with van der Waals surface area (Å²) in [5, 5.41) is 10.6. The fourth-order valence-electron chi connectivity index (χ4n) is 3.47. The Morgan fingerprint density at radius 1 is 1.21 bits per heavy atom. The number of nitrogens with zero attached hydrogens (tertiary/aromatic N) is 4. The summed E-state index contributed by atoms with van der Waals surface area (Å²) in [7, 11) is 0. The van der Waals surface area contributed by atoms with Crippen molar-refractivity contribution in [2.24, 2.45) is 5.73 Å². The van der Waals surface area contributed by atoms with Gasteiger partial charge in [0.15, 0.2) is 5.82 Å². The molecule has 7 nitrogen and oxygen atoms in total. The van der Waals surface area contributed by atoms with Gasteiger partial charge in [0.2, 0.25) is 5.95 Å². The van der Waals surface area contributed by atoms with Crippen LogP contribution in [0.25, 0.3) is 5.69 Å².